The summed E-state index contributed by atoms with van der Waals surface area (Å²) in [5, 5.41) is 7.08. The minimum Gasteiger partial charge on any atom is -0.455 e. The summed E-state index contributed by atoms with van der Waals surface area (Å²) in [6, 6.07) is 71.7. The van der Waals surface area contributed by atoms with E-state index in [0.717, 1.165) is 55.5 Å². The second-order valence-corrected chi connectivity index (χ2v) is 13.3. The van der Waals surface area contributed by atoms with Crippen LogP contribution in [0, 0.1) is 0 Å². The summed E-state index contributed by atoms with van der Waals surface area (Å²) < 4.78 is 6.52. The van der Waals surface area contributed by atoms with Crippen LogP contribution in [0.4, 0.5) is 17.1 Å². The Balaban J connectivity index is 1.12. The predicted octanol–water partition coefficient (Wildman–Crippen LogP) is 14.4. The quantitative estimate of drug-likeness (QED) is 0.176. The van der Waals surface area contributed by atoms with Crippen molar-refractivity contribution >= 4 is 60.5 Å². The summed E-state index contributed by atoms with van der Waals surface area (Å²) in [7, 11) is 0. The molecule has 9 aromatic carbocycles. The first kappa shape index (κ1) is 30.0. The zero-order valence-electron chi connectivity index (χ0n) is 28.4. The molecule has 0 N–H and O–H groups in total. The number of nitrogens with zero attached hydrogens (tertiary/aromatic N) is 1. The fraction of sp³-hybridized carbons (Fsp3) is 0. The van der Waals surface area contributed by atoms with Gasteiger partial charge < -0.3 is 9.32 Å². The summed E-state index contributed by atoms with van der Waals surface area (Å²) in [6.07, 6.45) is 0. The number of fused-ring (bicyclic) bond motifs is 6. The Labute approximate surface area is 302 Å². The van der Waals surface area contributed by atoms with E-state index in [1.54, 1.807) is 0 Å². The van der Waals surface area contributed by atoms with Crippen LogP contribution in [0.25, 0.3) is 76.9 Å². The first-order valence-corrected chi connectivity index (χ1v) is 17.8. The van der Waals surface area contributed by atoms with Crippen molar-refractivity contribution in [2.45, 2.75) is 0 Å². The smallest absolute Gasteiger partial charge is 0.143 e. The molecule has 10 rings (SSSR count). The summed E-state index contributed by atoms with van der Waals surface area (Å²) in [5.74, 6) is 0. The number of hydrogen-bond acceptors (Lipinski definition) is 2. The van der Waals surface area contributed by atoms with Crippen molar-refractivity contribution < 1.29 is 4.42 Å². The van der Waals surface area contributed by atoms with Gasteiger partial charge in [0.25, 0.3) is 0 Å². The van der Waals surface area contributed by atoms with Gasteiger partial charge in [-0.15, -0.1) is 0 Å². The number of benzene rings is 9. The van der Waals surface area contributed by atoms with Crippen LogP contribution in [0.2, 0.25) is 0 Å². The molecule has 0 radical (unpaired) electrons. The molecule has 0 fully saturated rings. The van der Waals surface area contributed by atoms with Crippen molar-refractivity contribution in [3.05, 3.63) is 200 Å². The molecule has 244 valence electrons. The largest absolute Gasteiger partial charge is 0.455 e. The molecule has 0 aliphatic rings. The number of hydrogen-bond donors (Lipinski definition) is 0. The van der Waals surface area contributed by atoms with Gasteiger partial charge >= 0.3 is 0 Å². The lowest BCUT2D eigenvalue weighted by atomic mass is 9.97. The Morgan fingerprint density at radius 1 is 0.346 bits per heavy atom. The van der Waals surface area contributed by atoms with E-state index in [9.17, 15) is 0 Å². The Kier molecular flexibility index (Phi) is 7.18. The maximum absolute atomic E-state index is 6.52. The fourth-order valence-electron chi connectivity index (χ4n) is 7.74. The van der Waals surface area contributed by atoms with Crippen LogP contribution in [-0.2, 0) is 0 Å². The average Bonchev–Trinajstić information content (AvgIpc) is 3.61. The molecule has 0 amide bonds. The topological polar surface area (TPSA) is 16.4 Å². The van der Waals surface area contributed by atoms with E-state index >= 15 is 0 Å². The third-order valence-corrected chi connectivity index (χ3v) is 10.2. The van der Waals surface area contributed by atoms with Crippen LogP contribution >= 0.6 is 0 Å². The van der Waals surface area contributed by atoms with Gasteiger partial charge in [-0.05, 0) is 92.5 Å². The number of para-hydroxylation sites is 1. The predicted molar refractivity (Wildman–Crippen MR) is 220 cm³/mol. The molecule has 2 heteroatoms. The van der Waals surface area contributed by atoms with Crippen LogP contribution in [0.3, 0.4) is 0 Å². The molecule has 0 atom stereocenters. The lowest BCUT2D eigenvalue weighted by molar-refractivity contribution is 0.673. The van der Waals surface area contributed by atoms with E-state index < -0.39 is 0 Å². The highest BCUT2D eigenvalue weighted by molar-refractivity contribution is 6.19. The van der Waals surface area contributed by atoms with Crippen LogP contribution < -0.4 is 4.90 Å². The summed E-state index contributed by atoms with van der Waals surface area (Å²) in [6.45, 7) is 0. The van der Waals surface area contributed by atoms with Crippen LogP contribution in [0.5, 0.6) is 0 Å². The molecule has 0 unspecified atom stereocenters. The van der Waals surface area contributed by atoms with Gasteiger partial charge in [0.15, 0.2) is 0 Å². The van der Waals surface area contributed by atoms with Gasteiger partial charge in [0.2, 0.25) is 0 Å². The molecule has 0 saturated heterocycles. The molecule has 1 heterocycles. The van der Waals surface area contributed by atoms with Crippen LogP contribution in [0.1, 0.15) is 0 Å². The Morgan fingerprint density at radius 2 is 0.981 bits per heavy atom. The van der Waals surface area contributed by atoms with E-state index in [0.29, 0.717) is 0 Å². The lowest BCUT2D eigenvalue weighted by Crippen LogP contribution is -2.11. The Bertz CT molecular complexity index is 2900. The minimum atomic E-state index is 0.900. The number of furan rings is 1. The van der Waals surface area contributed by atoms with Gasteiger partial charge in [0.1, 0.15) is 11.2 Å². The third kappa shape index (κ3) is 5.12. The molecule has 0 saturated carbocycles. The second kappa shape index (κ2) is 12.5. The van der Waals surface area contributed by atoms with Crippen LogP contribution in [0.15, 0.2) is 205 Å². The zero-order chi connectivity index (χ0) is 34.4. The van der Waals surface area contributed by atoms with Gasteiger partial charge in [-0.25, -0.2) is 0 Å². The van der Waals surface area contributed by atoms with Crippen molar-refractivity contribution in [2.24, 2.45) is 0 Å². The first-order chi connectivity index (χ1) is 25.8. The van der Waals surface area contributed by atoms with Gasteiger partial charge in [-0.2, -0.15) is 0 Å². The van der Waals surface area contributed by atoms with Gasteiger partial charge in [0.05, 0.1) is 5.69 Å². The normalized spacial score (nSPS) is 11.5. The average molecular weight is 664 g/mol. The molecular weight excluding hydrogens is 631 g/mol. The molecule has 0 bridgehead atoms. The minimum absolute atomic E-state index is 0.900. The summed E-state index contributed by atoms with van der Waals surface area (Å²) in [5.41, 5.74) is 12.2. The van der Waals surface area contributed by atoms with Gasteiger partial charge in [-0.1, -0.05) is 152 Å². The number of anilines is 3. The highest BCUT2D eigenvalue weighted by atomic mass is 16.3. The highest BCUT2D eigenvalue weighted by Crippen LogP contribution is 2.44. The maximum Gasteiger partial charge on any atom is 0.143 e. The van der Waals surface area contributed by atoms with Crippen molar-refractivity contribution in [2.75, 3.05) is 4.90 Å². The molecule has 52 heavy (non-hydrogen) atoms. The number of rotatable bonds is 6. The van der Waals surface area contributed by atoms with Crippen molar-refractivity contribution in [1.29, 1.82) is 0 Å². The summed E-state index contributed by atoms with van der Waals surface area (Å²) in [4.78, 5) is 2.39. The van der Waals surface area contributed by atoms with E-state index in [4.69, 9.17) is 4.42 Å². The Morgan fingerprint density at radius 3 is 1.87 bits per heavy atom. The molecule has 10 aromatic rings. The lowest BCUT2D eigenvalue weighted by Gasteiger charge is -2.28. The summed E-state index contributed by atoms with van der Waals surface area (Å²) >= 11 is 0. The third-order valence-electron chi connectivity index (χ3n) is 10.2. The zero-order valence-corrected chi connectivity index (χ0v) is 28.4. The molecular formula is C50H33NO. The SMILES string of the molecule is c1ccc(-c2ccccc2N(c2ccc(-c3cccc4oc5c6ccccc6ccc5c34)cc2)c2cccc(-c3ccc4ccccc4c3)c2)cc1. The van der Waals surface area contributed by atoms with Crippen molar-refractivity contribution in [3.8, 4) is 33.4 Å². The van der Waals surface area contributed by atoms with Crippen molar-refractivity contribution in [3.63, 3.8) is 0 Å². The van der Waals surface area contributed by atoms with Crippen LogP contribution in [-0.4, -0.2) is 0 Å². The van der Waals surface area contributed by atoms with E-state index in [1.165, 1.54) is 38.4 Å². The molecule has 0 spiro atoms. The van der Waals surface area contributed by atoms with Gasteiger partial charge in [0, 0.05) is 33.1 Å². The fourth-order valence-corrected chi connectivity index (χ4v) is 7.74. The standard InChI is InChI=1S/C50H33NO/c1-2-13-35(14-3-1)43-19-8-9-22-47(43)51(42-18-10-17-39(33-42)40-25-24-34-12-4-5-16-38(34)32-40)41-29-26-37(27-30-41)44-21-11-23-48-49(44)46-31-28-36-15-6-7-20-45(36)50(46)52-48/h1-33H. The maximum atomic E-state index is 6.52. The molecule has 0 aliphatic heterocycles. The highest BCUT2D eigenvalue weighted by Gasteiger charge is 2.19. The monoisotopic (exact) mass is 663 g/mol. The first-order valence-electron chi connectivity index (χ1n) is 17.8. The second-order valence-electron chi connectivity index (χ2n) is 13.3. The molecule has 2 nitrogen and oxygen atoms in total. The molecule has 0 aliphatic carbocycles. The van der Waals surface area contributed by atoms with E-state index in [1.807, 2.05) is 0 Å². The van der Waals surface area contributed by atoms with E-state index in [2.05, 4.69) is 205 Å². The molecule has 1 aromatic heterocycles. The van der Waals surface area contributed by atoms with E-state index in [-0.39, 0.29) is 0 Å². The van der Waals surface area contributed by atoms with Gasteiger partial charge in [-0.3, -0.25) is 0 Å². The Hall–Kier alpha value is -6.90. The van der Waals surface area contributed by atoms with Crippen molar-refractivity contribution in [1.82, 2.24) is 0 Å².